The summed E-state index contributed by atoms with van der Waals surface area (Å²) >= 11 is 1.45. The Bertz CT molecular complexity index is 693. The number of amides is 1. The van der Waals surface area contributed by atoms with E-state index in [0.717, 1.165) is 29.1 Å². The average molecular weight is 335 g/mol. The number of carbonyl (C=O) groups excluding carboxylic acids is 1. The number of nitrogens with zero attached hydrogens (tertiary/aromatic N) is 2. The molecule has 1 aliphatic heterocycles. The average Bonchev–Trinajstić information content (AvgIpc) is 2.87. The number of hydrogen-bond acceptors (Lipinski definition) is 6. The maximum Gasteiger partial charge on any atom is 0.240 e. The van der Waals surface area contributed by atoms with Crippen molar-refractivity contribution in [3.05, 3.63) is 18.2 Å². The smallest absolute Gasteiger partial charge is 0.240 e. The van der Waals surface area contributed by atoms with Gasteiger partial charge in [0.1, 0.15) is 11.3 Å². The molecule has 1 amide bonds. The lowest BCUT2D eigenvalue weighted by Crippen LogP contribution is -2.48. The molecule has 124 valence electrons. The summed E-state index contributed by atoms with van der Waals surface area (Å²) in [6.45, 7) is 5.95. The fraction of sp³-hybridized carbons (Fsp3) is 0.500. The number of methoxy groups -OCH3 is 1. The second-order valence-electron chi connectivity index (χ2n) is 5.83. The highest BCUT2D eigenvalue weighted by Crippen LogP contribution is 2.32. The molecule has 23 heavy (non-hydrogen) atoms. The predicted molar refractivity (Wildman–Crippen MR) is 91.3 cm³/mol. The summed E-state index contributed by atoms with van der Waals surface area (Å²) < 4.78 is 12.0. The van der Waals surface area contributed by atoms with Gasteiger partial charge in [0.05, 0.1) is 30.6 Å². The molecule has 1 saturated heterocycles. The van der Waals surface area contributed by atoms with Gasteiger partial charge in [0.2, 0.25) is 5.91 Å². The van der Waals surface area contributed by atoms with Gasteiger partial charge in [0.25, 0.3) is 0 Å². The van der Waals surface area contributed by atoms with Gasteiger partial charge in [-0.15, -0.1) is 0 Å². The fourth-order valence-corrected chi connectivity index (χ4v) is 3.82. The van der Waals surface area contributed by atoms with Crippen molar-refractivity contribution in [2.45, 2.75) is 26.1 Å². The quantitative estimate of drug-likeness (QED) is 0.929. The molecule has 2 unspecified atom stereocenters. The monoisotopic (exact) mass is 335 g/mol. The molecule has 0 saturated carbocycles. The van der Waals surface area contributed by atoms with Gasteiger partial charge in [-0.3, -0.25) is 9.69 Å². The molecule has 7 heteroatoms. The number of anilines is 1. The van der Waals surface area contributed by atoms with E-state index in [1.807, 2.05) is 32.0 Å². The third-order valence-corrected chi connectivity index (χ3v) is 4.65. The Morgan fingerprint density at radius 1 is 1.43 bits per heavy atom. The molecule has 2 heterocycles. The zero-order chi connectivity index (χ0) is 16.4. The molecular formula is C16H21N3O3S. The Labute approximate surface area is 139 Å². The van der Waals surface area contributed by atoms with Crippen LogP contribution in [0.15, 0.2) is 18.2 Å². The van der Waals surface area contributed by atoms with Crippen molar-refractivity contribution >= 4 is 32.6 Å². The zero-order valence-electron chi connectivity index (χ0n) is 13.5. The first-order valence-corrected chi connectivity index (χ1v) is 8.48. The van der Waals surface area contributed by atoms with Crippen LogP contribution in [0.1, 0.15) is 13.8 Å². The minimum absolute atomic E-state index is 0.0516. The van der Waals surface area contributed by atoms with Crippen LogP contribution in [0.4, 0.5) is 5.13 Å². The van der Waals surface area contributed by atoms with E-state index >= 15 is 0 Å². The van der Waals surface area contributed by atoms with Crippen LogP contribution >= 0.6 is 11.3 Å². The number of morpholine rings is 1. The van der Waals surface area contributed by atoms with Crippen molar-refractivity contribution in [2.75, 3.05) is 32.1 Å². The minimum atomic E-state index is -0.0516. The minimum Gasteiger partial charge on any atom is -0.494 e. The highest BCUT2D eigenvalue weighted by atomic mass is 32.1. The number of benzene rings is 1. The number of aromatic nitrogens is 1. The summed E-state index contributed by atoms with van der Waals surface area (Å²) in [5.41, 5.74) is 0.781. The Morgan fingerprint density at radius 3 is 2.87 bits per heavy atom. The number of fused-ring (bicyclic) bond motifs is 1. The van der Waals surface area contributed by atoms with Crippen molar-refractivity contribution < 1.29 is 14.3 Å². The standard InChI is InChI=1S/C16H21N3O3S/c1-10-7-19(8-11(2)22-10)9-14(20)17-16-18-15-12(21-3)5-4-6-13(15)23-16/h4-6,10-11H,7-9H2,1-3H3,(H,17,18,20). The fourth-order valence-electron chi connectivity index (χ4n) is 2.92. The Morgan fingerprint density at radius 2 is 2.17 bits per heavy atom. The van der Waals surface area contributed by atoms with E-state index in [1.165, 1.54) is 11.3 Å². The van der Waals surface area contributed by atoms with Gasteiger partial charge in [-0.1, -0.05) is 17.4 Å². The van der Waals surface area contributed by atoms with Crippen LogP contribution in [0.25, 0.3) is 10.2 Å². The van der Waals surface area contributed by atoms with Crippen LogP contribution in [0, 0.1) is 0 Å². The van der Waals surface area contributed by atoms with E-state index in [1.54, 1.807) is 7.11 Å². The molecule has 1 aromatic heterocycles. The lowest BCUT2D eigenvalue weighted by atomic mass is 10.2. The normalized spacial score (nSPS) is 22.2. The van der Waals surface area contributed by atoms with E-state index in [9.17, 15) is 4.79 Å². The largest absolute Gasteiger partial charge is 0.494 e. The first-order chi connectivity index (χ1) is 11.0. The molecule has 6 nitrogen and oxygen atoms in total. The molecular weight excluding hydrogens is 314 g/mol. The molecule has 0 radical (unpaired) electrons. The Hall–Kier alpha value is -1.70. The van der Waals surface area contributed by atoms with Crippen LogP contribution < -0.4 is 10.1 Å². The zero-order valence-corrected chi connectivity index (χ0v) is 14.4. The van der Waals surface area contributed by atoms with Crippen LogP contribution in [0.2, 0.25) is 0 Å². The number of thiazole rings is 1. The first-order valence-electron chi connectivity index (χ1n) is 7.66. The topological polar surface area (TPSA) is 63.7 Å². The molecule has 0 aliphatic carbocycles. The lowest BCUT2D eigenvalue weighted by molar-refractivity contribution is -0.121. The van der Waals surface area contributed by atoms with Gasteiger partial charge < -0.3 is 14.8 Å². The van der Waals surface area contributed by atoms with Crippen molar-refractivity contribution in [3.63, 3.8) is 0 Å². The first kappa shape index (κ1) is 16.2. The molecule has 1 aromatic carbocycles. The molecule has 1 N–H and O–H groups in total. The molecule has 0 spiro atoms. The third kappa shape index (κ3) is 3.80. The number of rotatable bonds is 4. The van der Waals surface area contributed by atoms with Gasteiger partial charge >= 0.3 is 0 Å². The van der Waals surface area contributed by atoms with Crippen molar-refractivity contribution in [1.82, 2.24) is 9.88 Å². The van der Waals surface area contributed by atoms with Gasteiger partial charge in [-0.2, -0.15) is 0 Å². The number of carbonyl (C=O) groups is 1. The molecule has 0 bridgehead atoms. The van der Waals surface area contributed by atoms with Gasteiger partial charge in [0.15, 0.2) is 5.13 Å². The van der Waals surface area contributed by atoms with Gasteiger partial charge in [-0.25, -0.2) is 4.98 Å². The van der Waals surface area contributed by atoms with Crippen molar-refractivity contribution in [2.24, 2.45) is 0 Å². The molecule has 1 fully saturated rings. The van der Waals surface area contributed by atoms with Crippen LogP contribution in [0.3, 0.4) is 0 Å². The second kappa shape index (κ2) is 6.82. The highest BCUT2D eigenvalue weighted by Gasteiger charge is 2.24. The second-order valence-corrected chi connectivity index (χ2v) is 6.86. The van der Waals surface area contributed by atoms with E-state index < -0.39 is 0 Å². The van der Waals surface area contributed by atoms with E-state index in [2.05, 4.69) is 15.2 Å². The van der Waals surface area contributed by atoms with E-state index in [4.69, 9.17) is 9.47 Å². The number of para-hydroxylation sites is 1. The van der Waals surface area contributed by atoms with E-state index in [0.29, 0.717) is 11.7 Å². The van der Waals surface area contributed by atoms with Gasteiger partial charge in [0, 0.05) is 13.1 Å². The maximum absolute atomic E-state index is 12.3. The van der Waals surface area contributed by atoms with E-state index in [-0.39, 0.29) is 18.1 Å². The number of nitrogens with one attached hydrogen (secondary N) is 1. The van der Waals surface area contributed by atoms with Crippen LogP contribution in [-0.2, 0) is 9.53 Å². The summed E-state index contributed by atoms with van der Waals surface area (Å²) in [5.74, 6) is 0.666. The predicted octanol–water partition coefficient (Wildman–Crippen LogP) is 2.35. The highest BCUT2D eigenvalue weighted by molar-refractivity contribution is 7.22. The Balaban J connectivity index is 1.66. The summed E-state index contributed by atoms with van der Waals surface area (Å²) in [7, 11) is 1.62. The molecule has 2 atom stereocenters. The van der Waals surface area contributed by atoms with Crippen LogP contribution in [-0.4, -0.2) is 54.7 Å². The van der Waals surface area contributed by atoms with Gasteiger partial charge in [-0.05, 0) is 26.0 Å². The van der Waals surface area contributed by atoms with Crippen molar-refractivity contribution in [1.29, 1.82) is 0 Å². The summed E-state index contributed by atoms with van der Waals surface area (Å²) in [6, 6.07) is 5.75. The lowest BCUT2D eigenvalue weighted by Gasteiger charge is -2.34. The molecule has 2 aromatic rings. The third-order valence-electron chi connectivity index (χ3n) is 3.71. The number of ether oxygens (including phenoxy) is 2. The summed E-state index contributed by atoms with van der Waals surface area (Å²) in [4.78, 5) is 18.8. The Kier molecular flexibility index (Phi) is 4.79. The van der Waals surface area contributed by atoms with Crippen LogP contribution in [0.5, 0.6) is 5.75 Å². The summed E-state index contributed by atoms with van der Waals surface area (Å²) in [6.07, 6.45) is 0.302. The van der Waals surface area contributed by atoms with Crippen molar-refractivity contribution in [3.8, 4) is 5.75 Å². The SMILES string of the molecule is COc1cccc2sc(NC(=O)CN3CC(C)OC(C)C3)nc12. The molecule has 1 aliphatic rings. The number of hydrogen-bond donors (Lipinski definition) is 1. The molecule has 3 rings (SSSR count). The summed E-state index contributed by atoms with van der Waals surface area (Å²) in [5, 5.41) is 3.49. The maximum atomic E-state index is 12.3.